The summed E-state index contributed by atoms with van der Waals surface area (Å²) >= 11 is 3.08. The molecule has 4 nitrogen and oxygen atoms in total. The Morgan fingerprint density at radius 3 is 2.70 bits per heavy atom. The molecule has 0 atom stereocenters. The lowest BCUT2D eigenvalue weighted by Gasteiger charge is -2.08. The summed E-state index contributed by atoms with van der Waals surface area (Å²) in [6, 6.07) is 9.59. The van der Waals surface area contributed by atoms with Crippen LogP contribution in [0.2, 0.25) is 0 Å². The van der Waals surface area contributed by atoms with Gasteiger partial charge in [0.2, 0.25) is 0 Å². The third-order valence-corrected chi connectivity index (χ3v) is 3.46. The van der Waals surface area contributed by atoms with Crippen LogP contribution in [0, 0.1) is 22.9 Å². The van der Waals surface area contributed by atoms with Crippen molar-refractivity contribution < 1.29 is 9.31 Å². The molecule has 0 spiro atoms. The second-order valence-corrected chi connectivity index (χ2v) is 5.23. The second kappa shape index (κ2) is 6.00. The molecule has 0 bridgehead atoms. The number of benzene rings is 2. The first-order chi connectivity index (χ1) is 9.47. The van der Waals surface area contributed by atoms with E-state index in [9.17, 15) is 14.5 Å². The lowest BCUT2D eigenvalue weighted by Crippen LogP contribution is -2.03. The minimum atomic E-state index is -0.441. The first kappa shape index (κ1) is 14.5. The molecule has 2 aromatic carbocycles. The Morgan fingerprint density at radius 2 is 2.05 bits per heavy atom. The molecule has 0 heterocycles. The highest BCUT2D eigenvalue weighted by Gasteiger charge is 2.13. The molecule has 0 unspecified atom stereocenters. The molecular weight excluding hydrogens is 327 g/mol. The zero-order chi connectivity index (χ0) is 14.7. The molecule has 0 saturated heterocycles. The fourth-order valence-corrected chi connectivity index (χ4v) is 2.04. The highest BCUT2D eigenvalue weighted by Crippen LogP contribution is 2.26. The maximum absolute atomic E-state index is 13.4. The summed E-state index contributed by atoms with van der Waals surface area (Å²) in [6.45, 7) is 2.17. The van der Waals surface area contributed by atoms with Crippen molar-refractivity contribution in [2.45, 2.75) is 13.5 Å². The monoisotopic (exact) mass is 338 g/mol. The molecule has 0 radical (unpaired) electrons. The Balaban J connectivity index is 2.20. The normalized spacial score (nSPS) is 10.3. The van der Waals surface area contributed by atoms with Crippen molar-refractivity contribution in [3.63, 3.8) is 0 Å². The molecule has 20 heavy (non-hydrogen) atoms. The van der Waals surface area contributed by atoms with Gasteiger partial charge in [-0.2, -0.15) is 0 Å². The molecule has 0 aliphatic carbocycles. The van der Waals surface area contributed by atoms with Crippen LogP contribution in [0.1, 0.15) is 11.1 Å². The van der Waals surface area contributed by atoms with Crippen molar-refractivity contribution in [2.75, 3.05) is 5.32 Å². The van der Waals surface area contributed by atoms with E-state index in [-0.39, 0.29) is 11.5 Å². The summed E-state index contributed by atoms with van der Waals surface area (Å²) in [5.41, 5.74) is 2.06. The van der Waals surface area contributed by atoms with Crippen LogP contribution in [0.15, 0.2) is 40.9 Å². The number of hydrogen-bond acceptors (Lipinski definition) is 3. The van der Waals surface area contributed by atoms with Crippen LogP contribution < -0.4 is 5.32 Å². The van der Waals surface area contributed by atoms with Crippen LogP contribution in [0.5, 0.6) is 0 Å². The molecular formula is C14H12BrFN2O2. The van der Waals surface area contributed by atoms with E-state index in [1.165, 1.54) is 12.1 Å². The van der Waals surface area contributed by atoms with Crippen molar-refractivity contribution >= 4 is 27.3 Å². The van der Waals surface area contributed by atoms with E-state index in [1.807, 2.05) is 6.92 Å². The Morgan fingerprint density at radius 1 is 1.30 bits per heavy atom. The average Bonchev–Trinajstić information content (AvgIpc) is 2.40. The lowest BCUT2D eigenvalue weighted by atomic mass is 10.1. The second-order valence-electron chi connectivity index (χ2n) is 4.38. The number of nitro benzene ring substituents is 1. The number of nitro groups is 1. The van der Waals surface area contributed by atoms with Gasteiger partial charge >= 0.3 is 0 Å². The van der Waals surface area contributed by atoms with Crippen molar-refractivity contribution in [1.82, 2.24) is 0 Å². The maximum Gasteiger partial charge on any atom is 0.292 e. The average molecular weight is 339 g/mol. The van der Waals surface area contributed by atoms with Gasteiger partial charge in [-0.05, 0) is 52.2 Å². The highest BCUT2D eigenvalue weighted by atomic mass is 79.9. The molecule has 6 heteroatoms. The topological polar surface area (TPSA) is 55.2 Å². The summed E-state index contributed by atoms with van der Waals surface area (Å²) in [6.07, 6.45) is 0. The molecule has 0 aliphatic heterocycles. The van der Waals surface area contributed by atoms with Crippen molar-refractivity contribution in [1.29, 1.82) is 0 Å². The van der Waals surface area contributed by atoms with E-state index in [0.717, 1.165) is 5.56 Å². The standard InChI is InChI=1S/C14H12BrFN2O2/c1-9-2-5-14(18(19)20)13(6-9)17-8-10-3-4-11(15)12(16)7-10/h2-7,17H,8H2,1H3. The van der Waals surface area contributed by atoms with E-state index in [4.69, 9.17) is 0 Å². The van der Waals surface area contributed by atoms with Crippen LogP contribution in [0.4, 0.5) is 15.8 Å². The van der Waals surface area contributed by atoms with Gasteiger partial charge in [-0.15, -0.1) is 0 Å². The quantitative estimate of drug-likeness (QED) is 0.663. The summed E-state index contributed by atoms with van der Waals surface area (Å²) in [7, 11) is 0. The SMILES string of the molecule is Cc1ccc([N+](=O)[O-])c(NCc2ccc(Br)c(F)c2)c1. The molecule has 104 valence electrons. The maximum atomic E-state index is 13.4. The Kier molecular flexibility index (Phi) is 4.34. The van der Waals surface area contributed by atoms with E-state index in [2.05, 4.69) is 21.2 Å². The number of rotatable bonds is 4. The van der Waals surface area contributed by atoms with Crippen LogP contribution in [-0.4, -0.2) is 4.92 Å². The molecule has 0 amide bonds. The van der Waals surface area contributed by atoms with Gasteiger partial charge in [0.1, 0.15) is 11.5 Å². The molecule has 2 rings (SSSR count). The number of hydrogen-bond donors (Lipinski definition) is 1. The third-order valence-electron chi connectivity index (χ3n) is 2.82. The number of nitrogens with zero attached hydrogens (tertiary/aromatic N) is 1. The van der Waals surface area contributed by atoms with Crippen LogP contribution in [0.25, 0.3) is 0 Å². The Hall–Kier alpha value is -1.95. The number of aryl methyl sites for hydroxylation is 1. The minimum absolute atomic E-state index is 0.00758. The summed E-state index contributed by atoms with van der Waals surface area (Å²) in [5, 5.41) is 13.9. The smallest absolute Gasteiger partial charge is 0.292 e. The van der Waals surface area contributed by atoms with Crippen LogP contribution >= 0.6 is 15.9 Å². The fourth-order valence-electron chi connectivity index (χ4n) is 1.80. The van der Waals surface area contributed by atoms with Gasteiger partial charge in [0.25, 0.3) is 5.69 Å². The van der Waals surface area contributed by atoms with Crippen LogP contribution in [-0.2, 0) is 6.54 Å². The van der Waals surface area contributed by atoms with E-state index >= 15 is 0 Å². The number of halogens is 2. The predicted octanol–water partition coefficient (Wildman–Crippen LogP) is 4.42. The largest absolute Gasteiger partial charge is 0.375 e. The predicted molar refractivity (Wildman–Crippen MR) is 79.3 cm³/mol. The zero-order valence-electron chi connectivity index (χ0n) is 10.7. The van der Waals surface area contributed by atoms with Gasteiger partial charge in [-0.25, -0.2) is 4.39 Å². The summed E-state index contributed by atoms with van der Waals surface area (Å²) in [5.74, 6) is -0.358. The molecule has 0 aliphatic rings. The minimum Gasteiger partial charge on any atom is -0.375 e. The molecule has 0 fully saturated rings. The van der Waals surface area contributed by atoms with Gasteiger partial charge in [0.05, 0.1) is 9.40 Å². The van der Waals surface area contributed by atoms with Crippen LogP contribution in [0.3, 0.4) is 0 Å². The van der Waals surface area contributed by atoms with Gasteiger partial charge in [-0.1, -0.05) is 12.1 Å². The summed E-state index contributed by atoms with van der Waals surface area (Å²) in [4.78, 5) is 10.5. The Labute approximate surface area is 123 Å². The lowest BCUT2D eigenvalue weighted by molar-refractivity contribution is -0.384. The van der Waals surface area contributed by atoms with Gasteiger partial charge in [-0.3, -0.25) is 10.1 Å². The van der Waals surface area contributed by atoms with Crippen molar-refractivity contribution in [3.05, 3.63) is 67.9 Å². The van der Waals surface area contributed by atoms with E-state index in [1.54, 1.807) is 24.3 Å². The van der Waals surface area contributed by atoms with Gasteiger partial charge in [0, 0.05) is 12.6 Å². The number of nitrogens with one attached hydrogen (secondary N) is 1. The zero-order valence-corrected chi connectivity index (χ0v) is 12.3. The highest BCUT2D eigenvalue weighted by molar-refractivity contribution is 9.10. The van der Waals surface area contributed by atoms with Crippen molar-refractivity contribution in [3.8, 4) is 0 Å². The molecule has 0 aromatic heterocycles. The first-order valence-corrected chi connectivity index (χ1v) is 6.69. The molecule has 1 N–H and O–H groups in total. The van der Waals surface area contributed by atoms with Gasteiger partial charge < -0.3 is 5.32 Å². The fraction of sp³-hybridized carbons (Fsp3) is 0.143. The molecule has 0 saturated carbocycles. The first-order valence-electron chi connectivity index (χ1n) is 5.90. The molecule has 2 aromatic rings. The van der Waals surface area contributed by atoms with E-state index < -0.39 is 4.92 Å². The van der Waals surface area contributed by atoms with E-state index in [0.29, 0.717) is 22.3 Å². The number of anilines is 1. The van der Waals surface area contributed by atoms with Gasteiger partial charge in [0.15, 0.2) is 0 Å². The summed E-state index contributed by atoms with van der Waals surface area (Å²) < 4.78 is 13.8. The van der Waals surface area contributed by atoms with Crippen molar-refractivity contribution in [2.24, 2.45) is 0 Å². The third kappa shape index (κ3) is 3.33. The Bertz CT molecular complexity index is 662.